The van der Waals surface area contributed by atoms with E-state index in [1.807, 2.05) is 6.92 Å². The van der Waals surface area contributed by atoms with Crippen LogP contribution in [-0.4, -0.2) is 48.2 Å². The smallest absolute Gasteiger partial charge is 0.237 e. The van der Waals surface area contributed by atoms with E-state index in [4.69, 9.17) is 11.5 Å². The third-order valence-corrected chi connectivity index (χ3v) is 2.87. The predicted octanol–water partition coefficient (Wildman–Crippen LogP) is -0.561. The van der Waals surface area contributed by atoms with Crippen molar-refractivity contribution in [1.82, 2.24) is 10.2 Å². The molecule has 1 saturated heterocycles. The van der Waals surface area contributed by atoms with E-state index >= 15 is 0 Å². The Labute approximate surface area is 90.6 Å². The summed E-state index contributed by atoms with van der Waals surface area (Å²) in [6, 6.07) is -0.158. The number of terminal acetylenes is 1. The highest BCUT2D eigenvalue weighted by Crippen LogP contribution is 2.17. The van der Waals surface area contributed by atoms with Gasteiger partial charge in [-0.1, -0.05) is 5.92 Å². The molecule has 1 aliphatic rings. The van der Waals surface area contributed by atoms with Gasteiger partial charge in [0.05, 0.1) is 12.6 Å². The van der Waals surface area contributed by atoms with Gasteiger partial charge >= 0.3 is 0 Å². The van der Waals surface area contributed by atoms with E-state index in [-0.39, 0.29) is 25.1 Å². The van der Waals surface area contributed by atoms with E-state index in [1.54, 1.807) is 0 Å². The minimum Gasteiger partial charge on any atom is -0.396 e. The van der Waals surface area contributed by atoms with Gasteiger partial charge in [0.15, 0.2) is 0 Å². The Bertz CT molecular complexity index is 260. The molecule has 1 heterocycles. The third kappa shape index (κ3) is 3.22. The first-order valence-electron chi connectivity index (χ1n) is 5.25. The molecule has 2 unspecified atom stereocenters. The summed E-state index contributed by atoms with van der Waals surface area (Å²) in [4.78, 5) is 13.6. The molecule has 0 bridgehead atoms. The summed E-state index contributed by atoms with van der Waals surface area (Å²) in [6.07, 6.45) is 6.02. The highest BCUT2D eigenvalue weighted by Gasteiger charge is 2.28. The Hall–Kier alpha value is -1.05. The van der Waals surface area contributed by atoms with Gasteiger partial charge in [0, 0.05) is 13.2 Å². The molecule has 2 N–H and O–H groups in total. The third-order valence-electron chi connectivity index (χ3n) is 2.87. The van der Waals surface area contributed by atoms with Crippen LogP contribution >= 0.6 is 0 Å². The average Bonchev–Trinajstić information content (AvgIpc) is 2.73. The molecule has 84 valence electrons. The second kappa shape index (κ2) is 5.74. The minimum absolute atomic E-state index is 0.0356. The van der Waals surface area contributed by atoms with Crippen LogP contribution in [0, 0.1) is 18.3 Å². The monoisotopic (exact) mass is 210 g/mol. The molecular formula is C11H18N2O2. The number of hydrogen-bond donors (Lipinski definition) is 2. The van der Waals surface area contributed by atoms with E-state index in [0.29, 0.717) is 5.92 Å². The van der Waals surface area contributed by atoms with Gasteiger partial charge in [-0.2, -0.15) is 0 Å². The van der Waals surface area contributed by atoms with Crippen molar-refractivity contribution in [2.24, 2.45) is 5.92 Å². The number of rotatable bonds is 4. The summed E-state index contributed by atoms with van der Waals surface area (Å²) in [6.45, 7) is 4.01. The molecule has 4 heteroatoms. The molecular weight excluding hydrogens is 192 g/mol. The largest absolute Gasteiger partial charge is 0.396 e. The number of nitrogens with zero attached hydrogens (tertiary/aromatic N) is 1. The molecule has 1 rings (SSSR count). The standard InChI is InChI=1S/C11H18N2O2/c1-3-5-12-11(15)9(2)13-6-4-10(7-13)8-14/h1,9-10,14H,4-8H2,2H3,(H,12,15). The van der Waals surface area contributed by atoms with Crippen molar-refractivity contribution in [3.63, 3.8) is 0 Å². The van der Waals surface area contributed by atoms with Gasteiger partial charge in [0.1, 0.15) is 0 Å². The van der Waals surface area contributed by atoms with Crippen LogP contribution in [0.3, 0.4) is 0 Å². The first kappa shape index (κ1) is 12.0. The van der Waals surface area contributed by atoms with Gasteiger partial charge in [-0.25, -0.2) is 0 Å². The number of likely N-dealkylation sites (tertiary alicyclic amines) is 1. The maximum absolute atomic E-state index is 11.6. The van der Waals surface area contributed by atoms with Gasteiger partial charge in [0.2, 0.25) is 5.91 Å². The number of aliphatic hydroxyl groups is 1. The highest BCUT2D eigenvalue weighted by atomic mass is 16.3. The van der Waals surface area contributed by atoms with Crippen LogP contribution in [0.1, 0.15) is 13.3 Å². The quantitative estimate of drug-likeness (QED) is 0.612. The van der Waals surface area contributed by atoms with Gasteiger partial charge in [-0.3, -0.25) is 9.69 Å². The first-order chi connectivity index (χ1) is 7.19. The van der Waals surface area contributed by atoms with E-state index in [2.05, 4.69) is 16.1 Å². The van der Waals surface area contributed by atoms with Crippen LogP contribution in [0.25, 0.3) is 0 Å². The van der Waals surface area contributed by atoms with Gasteiger partial charge in [-0.15, -0.1) is 6.42 Å². The molecule has 1 fully saturated rings. The fourth-order valence-corrected chi connectivity index (χ4v) is 1.82. The number of nitrogens with one attached hydrogen (secondary N) is 1. The van der Waals surface area contributed by atoms with Crippen LogP contribution in [0.4, 0.5) is 0 Å². The van der Waals surface area contributed by atoms with Crippen LogP contribution in [0.2, 0.25) is 0 Å². The van der Waals surface area contributed by atoms with Gasteiger partial charge < -0.3 is 10.4 Å². The van der Waals surface area contributed by atoms with Crippen LogP contribution in [0.5, 0.6) is 0 Å². The summed E-state index contributed by atoms with van der Waals surface area (Å²) >= 11 is 0. The van der Waals surface area contributed by atoms with E-state index < -0.39 is 0 Å². The molecule has 15 heavy (non-hydrogen) atoms. The lowest BCUT2D eigenvalue weighted by molar-refractivity contribution is -0.125. The maximum atomic E-state index is 11.6. The molecule has 0 aliphatic carbocycles. The number of aliphatic hydroxyl groups excluding tert-OH is 1. The van der Waals surface area contributed by atoms with Crippen molar-refractivity contribution in [2.75, 3.05) is 26.2 Å². The molecule has 2 atom stereocenters. The van der Waals surface area contributed by atoms with Crippen LogP contribution < -0.4 is 5.32 Å². The molecule has 1 amide bonds. The summed E-state index contributed by atoms with van der Waals surface area (Å²) in [5.41, 5.74) is 0. The van der Waals surface area contributed by atoms with Crippen LogP contribution in [0.15, 0.2) is 0 Å². The van der Waals surface area contributed by atoms with E-state index in [1.165, 1.54) is 0 Å². The zero-order valence-electron chi connectivity index (χ0n) is 9.07. The molecule has 0 aromatic rings. The Morgan fingerprint density at radius 1 is 1.80 bits per heavy atom. The highest BCUT2D eigenvalue weighted by molar-refractivity contribution is 5.81. The van der Waals surface area contributed by atoms with Gasteiger partial charge in [-0.05, 0) is 25.8 Å². The molecule has 4 nitrogen and oxygen atoms in total. The van der Waals surface area contributed by atoms with Gasteiger partial charge in [0.25, 0.3) is 0 Å². The van der Waals surface area contributed by atoms with E-state index in [0.717, 1.165) is 19.5 Å². The zero-order chi connectivity index (χ0) is 11.3. The lowest BCUT2D eigenvalue weighted by Crippen LogP contribution is -2.44. The molecule has 1 aliphatic heterocycles. The predicted molar refractivity (Wildman–Crippen MR) is 58.1 cm³/mol. The number of amides is 1. The normalized spacial score (nSPS) is 23.4. The average molecular weight is 210 g/mol. The lowest BCUT2D eigenvalue weighted by atomic mass is 10.1. The van der Waals surface area contributed by atoms with Crippen molar-refractivity contribution in [2.45, 2.75) is 19.4 Å². The summed E-state index contributed by atoms with van der Waals surface area (Å²) in [5.74, 6) is 2.65. The Morgan fingerprint density at radius 2 is 2.53 bits per heavy atom. The Morgan fingerprint density at radius 3 is 3.07 bits per heavy atom. The summed E-state index contributed by atoms with van der Waals surface area (Å²) in [5, 5.41) is 11.7. The first-order valence-corrected chi connectivity index (χ1v) is 5.25. The summed E-state index contributed by atoms with van der Waals surface area (Å²) in [7, 11) is 0. The Balaban J connectivity index is 2.37. The molecule has 0 aromatic heterocycles. The number of carbonyl (C=O) groups is 1. The van der Waals surface area contributed by atoms with Crippen molar-refractivity contribution in [1.29, 1.82) is 0 Å². The number of carbonyl (C=O) groups excluding carboxylic acids is 1. The molecule has 0 saturated carbocycles. The lowest BCUT2D eigenvalue weighted by Gasteiger charge is -2.22. The second-order valence-corrected chi connectivity index (χ2v) is 3.93. The fraction of sp³-hybridized carbons (Fsp3) is 0.727. The fourth-order valence-electron chi connectivity index (χ4n) is 1.82. The van der Waals surface area contributed by atoms with Crippen molar-refractivity contribution in [3.8, 4) is 12.3 Å². The zero-order valence-corrected chi connectivity index (χ0v) is 9.07. The second-order valence-electron chi connectivity index (χ2n) is 3.93. The minimum atomic E-state index is -0.158. The maximum Gasteiger partial charge on any atom is 0.237 e. The van der Waals surface area contributed by atoms with Crippen LogP contribution in [-0.2, 0) is 4.79 Å². The number of hydrogen-bond acceptors (Lipinski definition) is 3. The molecule has 0 radical (unpaired) electrons. The van der Waals surface area contributed by atoms with E-state index in [9.17, 15) is 4.79 Å². The SMILES string of the molecule is C#CCNC(=O)C(C)N1CCC(CO)C1. The van der Waals surface area contributed by atoms with Crippen molar-refractivity contribution >= 4 is 5.91 Å². The topological polar surface area (TPSA) is 52.6 Å². The molecule has 0 spiro atoms. The molecule has 0 aromatic carbocycles. The van der Waals surface area contributed by atoms with Crippen molar-refractivity contribution in [3.05, 3.63) is 0 Å². The summed E-state index contributed by atoms with van der Waals surface area (Å²) < 4.78 is 0. The Kier molecular flexibility index (Phi) is 4.60. The van der Waals surface area contributed by atoms with Crippen molar-refractivity contribution < 1.29 is 9.90 Å².